The van der Waals surface area contributed by atoms with Crippen molar-refractivity contribution in [3.8, 4) is 17.2 Å². The average molecular weight is 392 g/mol. The molecule has 2 atom stereocenters. The maximum atomic E-state index is 13.6. The van der Waals surface area contributed by atoms with Crippen LogP contribution < -0.4 is 19.1 Å². The molecule has 2 fully saturated rings. The lowest BCUT2D eigenvalue weighted by Gasteiger charge is -2.40. The largest absolute Gasteiger partial charge is 0.493 e. The van der Waals surface area contributed by atoms with E-state index in [9.17, 15) is 4.79 Å². The van der Waals surface area contributed by atoms with Crippen LogP contribution in [0.2, 0.25) is 0 Å². The van der Waals surface area contributed by atoms with E-state index in [4.69, 9.17) is 14.2 Å². The molecule has 2 heterocycles. The number of carbonyl (C=O) groups is 1. The number of nitrogens with one attached hydrogen (secondary N) is 1. The zero-order valence-electron chi connectivity index (χ0n) is 17.9. The molecule has 1 N–H and O–H groups in total. The van der Waals surface area contributed by atoms with Gasteiger partial charge >= 0.3 is 0 Å². The molecular formula is C22H35N2O4+. The van der Waals surface area contributed by atoms with Gasteiger partial charge in [0, 0.05) is 43.8 Å². The summed E-state index contributed by atoms with van der Waals surface area (Å²) in [5.41, 5.74) is 0.601. The quantitative estimate of drug-likeness (QED) is 0.738. The van der Waals surface area contributed by atoms with Crippen LogP contribution in [0.1, 0.15) is 55.8 Å². The summed E-state index contributed by atoms with van der Waals surface area (Å²) < 4.78 is 16.3. The molecule has 2 unspecified atom stereocenters. The maximum absolute atomic E-state index is 13.6. The Kier molecular flexibility index (Phi) is 6.70. The second-order valence-corrected chi connectivity index (χ2v) is 8.11. The second-order valence-electron chi connectivity index (χ2n) is 8.11. The number of carbonyl (C=O) groups excluding carboxylic acids is 1. The summed E-state index contributed by atoms with van der Waals surface area (Å²) in [4.78, 5) is 17.3. The van der Waals surface area contributed by atoms with Crippen LogP contribution in [-0.2, 0) is 0 Å². The molecule has 0 spiro atoms. The molecule has 2 aliphatic heterocycles. The fourth-order valence-electron chi connectivity index (χ4n) is 4.95. The van der Waals surface area contributed by atoms with Gasteiger partial charge in [-0.05, 0) is 18.6 Å². The van der Waals surface area contributed by atoms with Gasteiger partial charge in [-0.25, -0.2) is 0 Å². The van der Waals surface area contributed by atoms with Gasteiger partial charge in [-0.2, -0.15) is 0 Å². The van der Waals surface area contributed by atoms with Crippen LogP contribution in [0.15, 0.2) is 12.1 Å². The zero-order chi connectivity index (χ0) is 20.3. The highest BCUT2D eigenvalue weighted by atomic mass is 16.5. The van der Waals surface area contributed by atoms with E-state index in [0.717, 1.165) is 32.2 Å². The molecule has 2 bridgehead atoms. The molecule has 3 rings (SSSR count). The van der Waals surface area contributed by atoms with Crippen molar-refractivity contribution in [2.24, 2.45) is 0 Å². The van der Waals surface area contributed by atoms with E-state index in [2.05, 4.69) is 18.9 Å². The van der Waals surface area contributed by atoms with Crippen molar-refractivity contribution in [1.29, 1.82) is 0 Å². The number of quaternary nitrogens is 1. The molecule has 0 aliphatic carbocycles. The van der Waals surface area contributed by atoms with E-state index in [-0.39, 0.29) is 5.91 Å². The number of hydrogen-bond donors (Lipinski definition) is 1. The fraction of sp³-hybridized carbons (Fsp3) is 0.682. The van der Waals surface area contributed by atoms with Gasteiger partial charge in [-0.15, -0.1) is 0 Å². The molecule has 6 nitrogen and oxygen atoms in total. The highest BCUT2D eigenvalue weighted by molar-refractivity contribution is 5.96. The van der Waals surface area contributed by atoms with Crippen molar-refractivity contribution in [2.45, 2.75) is 63.6 Å². The van der Waals surface area contributed by atoms with Gasteiger partial charge in [0.1, 0.15) is 0 Å². The van der Waals surface area contributed by atoms with Gasteiger partial charge in [0.2, 0.25) is 5.75 Å². The molecule has 0 aromatic heterocycles. The summed E-state index contributed by atoms with van der Waals surface area (Å²) >= 11 is 0. The predicted molar refractivity (Wildman–Crippen MR) is 109 cm³/mol. The third-order valence-electron chi connectivity index (χ3n) is 6.63. The Bertz CT molecular complexity index is 654. The topological polar surface area (TPSA) is 52.4 Å². The number of piperidine rings is 1. The number of fused-ring (bicyclic) bond motifs is 2. The van der Waals surface area contributed by atoms with Gasteiger partial charge in [0.15, 0.2) is 11.5 Å². The van der Waals surface area contributed by atoms with Crippen molar-refractivity contribution < 1.29 is 23.9 Å². The maximum Gasteiger partial charge on any atom is 0.254 e. The summed E-state index contributed by atoms with van der Waals surface area (Å²) in [5.74, 6) is 1.63. The highest BCUT2D eigenvalue weighted by Gasteiger charge is 2.45. The van der Waals surface area contributed by atoms with E-state index in [1.165, 1.54) is 12.8 Å². The molecule has 0 saturated carbocycles. The van der Waals surface area contributed by atoms with Gasteiger partial charge in [0.25, 0.3) is 5.91 Å². The standard InChI is InChI=1S/C22H34N2O4/c1-6-7-10-24(18-13-16-8-9-17(14-18)23(16)2)22(25)15-11-19(26-3)21(28-5)20(12-15)27-4/h11-12,16-18H,6-10,13-14H2,1-5H3/p+1. The van der Waals surface area contributed by atoms with Crippen LogP contribution in [0.5, 0.6) is 17.2 Å². The van der Waals surface area contributed by atoms with Crippen LogP contribution in [0.3, 0.4) is 0 Å². The van der Waals surface area contributed by atoms with E-state index < -0.39 is 0 Å². The van der Waals surface area contributed by atoms with E-state index in [0.29, 0.717) is 40.9 Å². The van der Waals surface area contributed by atoms with Crippen molar-refractivity contribution >= 4 is 5.91 Å². The summed E-state index contributed by atoms with van der Waals surface area (Å²) in [7, 11) is 7.05. The summed E-state index contributed by atoms with van der Waals surface area (Å²) in [6, 6.07) is 5.23. The number of hydrogen-bond acceptors (Lipinski definition) is 4. The Morgan fingerprint density at radius 2 is 1.64 bits per heavy atom. The van der Waals surface area contributed by atoms with Gasteiger partial charge < -0.3 is 24.0 Å². The SMILES string of the molecule is CCCCN(C(=O)c1cc(OC)c(OC)c(OC)c1)C1CC2CCC(C1)[NH+]2C. The lowest BCUT2D eigenvalue weighted by molar-refractivity contribution is -0.922. The van der Waals surface area contributed by atoms with Crippen molar-refractivity contribution in [3.05, 3.63) is 17.7 Å². The lowest BCUT2D eigenvalue weighted by Crippen LogP contribution is -3.15. The van der Waals surface area contributed by atoms with Crippen LogP contribution in [0.4, 0.5) is 0 Å². The number of amides is 1. The minimum absolute atomic E-state index is 0.0663. The third kappa shape index (κ3) is 3.93. The van der Waals surface area contributed by atoms with Gasteiger partial charge in [-0.3, -0.25) is 4.79 Å². The van der Waals surface area contributed by atoms with Crippen LogP contribution in [0.25, 0.3) is 0 Å². The molecular weight excluding hydrogens is 356 g/mol. The first-order valence-electron chi connectivity index (χ1n) is 10.5. The minimum atomic E-state index is 0.0663. The molecule has 28 heavy (non-hydrogen) atoms. The lowest BCUT2D eigenvalue weighted by atomic mass is 9.95. The first kappa shape index (κ1) is 20.8. The molecule has 1 aromatic rings. The smallest absolute Gasteiger partial charge is 0.254 e. The monoisotopic (exact) mass is 391 g/mol. The minimum Gasteiger partial charge on any atom is -0.493 e. The number of unbranched alkanes of at least 4 members (excludes halogenated alkanes) is 1. The van der Waals surface area contributed by atoms with Gasteiger partial charge in [-0.1, -0.05) is 13.3 Å². The highest BCUT2D eigenvalue weighted by Crippen LogP contribution is 2.39. The van der Waals surface area contributed by atoms with Crippen LogP contribution in [-0.4, -0.2) is 63.9 Å². The van der Waals surface area contributed by atoms with E-state index >= 15 is 0 Å². The number of ether oxygens (including phenoxy) is 3. The third-order valence-corrected chi connectivity index (χ3v) is 6.63. The van der Waals surface area contributed by atoms with Crippen molar-refractivity contribution in [1.82, 2.24) is 4.90 Å². The normalized spacial score (nSPS) is 26.0. The Labute approximate surface area is 168 Å². The van der Waals surface area contributed by atoms with Crippen LogP contribution >= 0.6 is 0 Å². The first-order chi connectivity index (χ1) is 13.5. The first-order valence-corrected chi connectivity index (χ1v) is 10.5. The Hall–Kier alpha value is -1.95. The predicted octanol–water partition coefficient (Wildman–Crippen LogP) is 2.16. The molecule has 6 heteroatoms. The second kappa shape index (κ2) is 9.03. The fourth-order valence-corrected chi connectivity index (χ4v) is 4.95. The van der Waals surface area contributed by atoms with E-state index in [1.807, 2.05) is 0 Å². The Balaban J connectivity index is 1.89. The number of rotatable bonds is 8. The molecule has 2 aliphatic rings. The van der Waals surface area contributed by atoms with Gasteiger partial charge in [0.05, 0.1) is 40.5 Å². The molecule has 2 saturated heterocycles. The van der Waals surface area contributed by atoms with Crippen molar-refractivity contribution in [3.63, 3.8) is 0 Å². The van der Waals surface area contributed by atoms with Crippen molar-refractivity contribution in [2.75, 3.05) is 34.9 Å². The molecule has 156 valence electrons. The zero-order valence-corrected chi connectivity index (χ0v) is 17.9. The summed E-state index contributed by atoms with van der Waals surface area (Å²) in [6.45, 7) is 2.97. The number of methoxy groups -OCH3 is 3. The Morgan fingerprint density at radius 3 is 2.11 bits per heavy atom. The summed E-state index contributed by atoms with van der Waals surface area (Å²) in [5, 5.41) is 0. The number of nitrogens with zero attached hydrogens (tertiary/aromatic N) is 1. The van der Waals surface area contributed by atoms with Crippen LogP contribution in [0, 0.1) is 0 Å². The molecule has 0 radical (unpaired) electrons. The van der Waals surface area contributed by atoms with E-state index in [1.54, 1.807) is 38.4 Å². The average Bonchev–Trinajstić information content (AvgIpc) is 2.93. The number of benzene rings is 1. The summed E-state index contributed by atoms with van der Waals surface area (Å²) in [6.07, 6.45) is 6.86. The molecule has 1 aromatic carbocycles. The molecule has 1 amide bonds. The Morgan fingerprint density at radius 1 is 1.07 bits per heavy atom.